The van der Waals surface area contributed by atoms with Crippen molar-refractivity contribution in [3.05, 3.63) is 76.2 Å². The number of anilines is 2. The van der Waals surface area contributed by atoms with E-state index < -0.39 is 0 Å². The zero-order valence-corrected chi connectivity index (χ0v) is 17.5. The van der Waals surface area contributed by atoms with Crippen LogP contribution in [0.5, 0.6) is 0 Å². The van der Waals surface area contributed by atoms with E-state index in [0.717, 1.165) is 10.2 Å². The topological polar surface area (TPSA) is 115 Å². The Balaban J connectivity index is 1.32. The van der Waals surface area contributed by atoms with E-state index in [1.165, 1.54) is 23.1 Å². The molecule has 0 saturated carbocycles. The van der Waals surface area contributed by atoms with Crippen molar-refractivity contribution in [2.75, 3.05) is 16.8 Å². The lowest BCUT2D eigenvalue weighted by molar-refractivity contribution is -0.113. The highest BCUT2D eigenvalue weighted by molar-refractivity contribution is 7.99. The number of amides is 1. The number of ketones is 2. The first-order valence-corrected chi connectivity index (χ1v) is 11.1. The first-order valence-electron chi connectivity index (χ1n) is 9.27. The van der Waals surface area contributed by atoms with Crippen LogP contribution >= 0.6 is 23.1 Å². The van der Waals surface area contributed by atoms with E-state index in [1.54, 1.807) is 42.5 Å². The monoisotopic (exact) mass is 446 g/mol. The molecule has 0 spiro atoms. The molecule has 1 aliphatic rings. The van der Waals surface area contributed by atoms with Gasteiger partial charge in [-0.2, -0.15) is 0 Å². The number of nitrogens with zero attached hydrogens (tertiary/aromatic N) is 2. The normalized spacial score (nSPS) is 12.5. The van der Waals surface area contributed by atoms with Crippen molar-refractivity contribution in [2.45, 2.75) is 5.16 Å². The van der Waals surface area contributed by atoms with Gasteiger partial charge in [-0.1, -0.05) is 36.0 Å². The minimum absolute atomic E-state index is 0.0725. The van der Waals surface area contributed by atoms with Gasteiger partial charge in [-0.25, -0.2) is 9.97 Å². The molecule has 0 unspecified atom stereocenters. The van der Waals surface area contributed by atoms with Gasteiger partial charge < -0.3 is 11.1 Å². The van der Waals surface area contributed by atoms with Crippen molar-refractivity contribution in [2.24, 2.45) is 0 Å². The molecule has 1 aliphatic carbocycles. The van der Waals surface area contributed by atoms with Crippen molar-refractivity contribution in [1.29, 1.82) is 0 Å². The average molecular weight is 447 g/mol. The summed E-state index contributed by atoms with van der Waals surface area (Å²) >= 11 is 2.63. The summed E-state index contributed by atoms with van der Waals surface area (Å²) in [6.07, 6.45) is 0. The number of rotatable bonds is 4. The van der Waals surface area contributed by atoms with Crippen molar-refractivity contribution in [3.8, 4) is 0 Å². The minimum Gasteiger partial charge on any atom is -0.383 e. The van der Waals surface area contributed by atoms with Crippen LogP contribution in [-0.4, -0.2) is 33.2 Å². The van der Waals surface area contributed by atoms with Gasteiger partial charge in [0.25, 0.3) is 0 Å². The lowest BCUT2D eigenvalue weighted by atomic mass is 9.84. The molecule has 0 saturated heterocycles. The number of thiophene rings is 1. The number of hydrogen-bond donors (Lipinski definition) is 2. The predicted molar refractivity (Wildman–Crippen MR) is 121 cm³/mol. The van der Waals surface area contributed by atoms with E-state index in [4.69, 9.17) is 5.73 Å². The smallest absolute Gasteiger partial charge is 0.234 e. The third kappa shape index (κ3) is 3.47. The fourth-order valence-electron chi connectivity index (χ4n) is 3.43. The van der Waals surface area contributed by atoms with Crippen LogP contribution in [0.1, 0.15) is 31.8 Å². The second-order valence-corrected chi connectivity index (χ2v) is 8.67. The second-order valence-electron chi connectivity index (χ2n) is 6.83. The van der Waals surface area contributed by atoms with Crippen molar-refractivity contribution >= 4 is 62.3 Å². The van der Waals surface area contributed by atoms with Crippen molar-refractivity contribution in [1.82, 2.24) is 9.97 Å². The Hall–Kier alpha value is -3.56. The second kappa shape index (κ2) is 7.60. The van der Waals surface area contributed by atoms with E-state index >= 15 is 0 Å². The highest BCUT2D eigenvalue weighted by atomic mass is 32.2. The molecular formula is C22H14N4O3S2. The number of thioether (sulfide) groups is 1. The highest BCUT2D eigenvalue weighted by Crippen LogP contribution is 2.30. The Labute approximate surface area is 184 Å². The average Bonchev–Trinajstić information content (AvgIpc) is 3.25. The quantitative estimate of drug-likeness (QED) is 0.319. The summed E-state index contributed by atoms with van der Waals surface area (Å²) in [4.78, 5) is 47.3. The van der Waals surface area contributed by atoms with E-state index in [9.17, 15) is 14.4 Å². The predicted octanol–water partition coefficient (Wildman–Crippen LogP) is 3.78. The van der Waals surface area contributed by atoms with E-state index in [1.807, 2.05) is 11.4 Å². The zero-order valence-electron chi connectivity index (χ0n) is 15.9. The van der Waals surface area contributed by atoms with Crippen LogP contribution in [0, 0.1) is 0 Å². The largest absolute Gasteiger partial charge is 0.383 e. The van der Waals surface area contributed by atoms with Gasteiger partial charge >= 0.3 is 0 Å². The third-order valence-corrected chi connectivity index (χ3v) is 6.53. The molecule has 1 amide bonds. The van der Waals surface area contributed by atoms with Crippen LogP contribution < -0.4 is 11.1 Å². The summed E-state index contributed by atoms with van der Waals surface area (Å²) in [5, 5.41) is 5.87. The summed E-state index contributed by atoms with van der Waals surface area (Å²) in [5.41, 5.74) is 7.77. The number of hydrogen-bond acceptors (Lipinski definition) is 8. The molecule has 0 bridgehead atoms. The van der Waals surface area contributed by atoms with Gasteiger partial charge in [-0.15, -0.1) is 11.3 Å². The Bertz CT molecular complexity index is 1400. The molecule has 152 valence electrons. The molecule has 31 heavy (non-hydrogen) atoms. The van der Waals surface area contributed by atoms with Crippen LogP contribution in [0.25, 0.3) is 10.2 Å². The standard InChI is InChI=1S/C22H14N4O3S2/c23-20-15-7-8-30-21(15)26-22(25-20)31-10-17(27)24-11-5-6-14-16(9-11)19(29)13-4-2-1-3-12(13)18(14)28/h1-9H,10H2,(H,24,27)(H2,23,25,26). The van der Waals surface area contributed by atoms with Crippen LogP contribution in [0.3, 0.4) is 0 Å². The fraction of sp³-hybridized carbons (Fsp3) is 0.0455. The lowest BCUT2D eigenvalue weighted by Gasteiger charge is -2.18. The molecule has 3 N–H and O–H groups in total. The number of carbonyl (C=O) groups is 3. The van der Waals surface area contributed by atoms with Gasteiger partial charge in [-0.05, 0) is 29.6 Å². The molecule has 0 aliphatic heterocycles. The first-order chi connectivity index (χ1) is 15.0. The fourth-order valence-corrected chi connectivity index (χ4v) is 4.91. The SMILES string of the molecule is Nc1nc(SCC(=O)Nc2ccc3c(c2)C(=O)c2ccccc2C3=O)nc2sccc12. The van der Waals surface area contributed by atoms with Gasteiger partial charge in [0.05, 0.1) is 11.1 Å². The summed E-state index contributed by atoms with van der Waals surface area (Å²) < 4.78 is 0. The molecule has 2 heterocycles. The molecule has 2 aromatic heterocycles. The zero-order chi connectivity index (χ0) is 21.5. The van der Waals surface area contributed by atoms with E-state index in [0.29, 0.717) is 33.4 Å². The van der Waals surface area contributed by atoms with Gasteiger partial charge in [0.2, 0.25) is 5.91 Å². The summed E-state index contributed by atoms with van der Waals surface area (Å²) in [6.45, 7) is 0. The molecular weight excluding hydrogens is 432 g/mol. The number of carbonyl (C=O) groups excluding carboxylic acids is 3. The Morgan fingerprint density at radius 3 is 2.45 bits per heavy atom. The van der Waals surface area contributed by atoms with Crippen LogP contribution in [-0.2, 0) is 4.79 Å². The molecule has 0 fully saturated rings. The molecule has 0 radical (unpaired) electrons. The Morgan fingerprint density at radius 2 is 1.68 bits per heavy atom. The van der Waals surface area contributed by atoms with E-state index in [2.05, 4.69) is 15.3 Å². The van der Waals surface area contributed by atoms with E-state index in [-0.39, 0.29) is 28.8 Å². The first kappa shape index (κ1) is 19.4. The minimum atomic E-state index is -0.284. The van der Waals surface area contributed by atoms with Crippen LogP contribution in [0.4, 0.5) is 11.5 Å². The number of benzene rings is 2. The lowest BCUT2D eigenvalue weighted by Crippen LogP contribution is -2.21. The number of aromatic nitrogens is 2. The van der Waals surface area contributed by atoms with Crippen molar-refractivity contribution < 1.29 is 14.4 Å². The van der Waals surface area contributed by atoms with Gasteiger partial charge in [0, 0.05) is 27.9 Å². The third-order valence-electron chi connectivity index (χ3n) is 4.88. The maximum atomic E-state index is 12.8. The maximum absolute atomic E-state index is 12.8. The molecule has 0 atom stereocenters. The van der Waals surface area contributed by atoms with Gasteiger partial charge in [0.1, 0.15) is 10.6 Å². The Morgan fingerprint density at radius 1 is 0.968 bits per heavy atom. The van der Waals surface area contributed by atoms with Crippen molar-refractivity contribution in [3.63, 3.8) is 0 Å². The van der Waals surface area contributed by atoms with Gasteiger partial charge in [-0.3, -0.25) is 14.4 Å². The highest BCUT2D eigenvalue weighted by Gasteiger charge is 2.29. The van der Waals surface area contributed by atoms with Crippen LogP contribution in [0.15, 0.2) is 59.1 Å². The molecule has 5 rings (SSSR count). The maximum Gasteiger partial charge on any atom is 0.234 e. The molecule has 9 heteroatoms. The number of nitrogens with two attached hydrogens (primary N) is 1. The Kier molecular flexibility index (Phi) is 4.76. The van der Waals surface area contributed by atoms with Crippen LogP contribution in [0.2, 0.25) is 0 Å². The van der Waals surface area contributed by atoms with Gasteiger partial charge in [0.15, 0.2) is 16.7 Å². The number of fused-ring (bicyclic) bond motifs is 3. The summed E-state index contributed by atoms with van der Waals surface area (Å²) in [5.74, 6) is -0.259. The summed E-state index contributed by atoms with van der Waals surface area (Å²) in [6, 6.07) is 13.3. The molecule has 2 aromatic carbocycles. The number of nitrogen functional groups attached to an aromatic ring is 1. The molecule has 7 nitrogen and oxygen atoms in total. The molecule has 4 aromatic rings. The number of nitrogens with one attached hydrogen (secondary N) is 1. The summed E-state index contributed by atoms with van der Waals surface area (Å²) in [7, 11) is 0.